The molecule has 1 aromatic rings. The first-order chi connectivity index (χ1) is 9.27. The SMILES string of the molecule is CCCCCCCCCC(CN)c1ccc(F)cc1. The van der Waals surface area contributed by atoms with Gasteiger partial charge in [-0.15, -0.1) is 0 Å². The fraction of sp³-hybridized carbons (Fsp3) is 0.647. The van der Waals surface area contributed by atoms with Gasteiger partial charge in [-0.05, 0) is 36.6 Å². The molecular formula is C17H28FN. The van der Waals surface area contributed by atoms with E-state index in [1.54, 1.807) is 0 Å². The molecule has 0 radical (unpaired) electrons. The van der Waals surface area contributed by atoms with Gasteiger partial charge in [0.2, 0.25) is 0 Å². The lowest BCUT2D eigenvalue weighted by Gasteiger charge is -2.15. The summed E-state index contributed by atoms with van der Waals surface area (Å²) in [6.45, 7) is 2.90. The number of nitrogens with two attached hydrogens (primary N) is 1. The molecule has 0 saturated carbocycles. The fourth-order valence-electron chi connectivity index (χ4n) is 2.50. The van der Waals surface area contributed by atoms with E-state index in [4.69, 9.17) is 5.73 Å². The number of hydrogen-bond acceptors (Lipinski definition) is 1. The van der Waals surface area contributed by atoms with Crippen LogP contribution in [0.15, 0.2) is 24.3 Å². The number of halogens is 1. The summed E-state index contributed by atoms with van der Waals surface area (Å²) in [5, 5.41) is 0. The van der Waals surface area contributed by atoms with Crippen molar-refractivity contribution >= 4 is 0 Å². The average Bonchev–Trinajstić information content (AvgIpc) is 2.43. The van der Waals surface area contributed by atoms with Gasteiger partial charge in [0, 0.05) is 0 Å². The van der Waals surface area contributed by atoms with Gasteiger partial charge in [-0.25, -0.2) is 4.39 Å². The Kier molecular flexibility index (Phi) is 8.48. The van der Waals surface area contributed by atoms with Gasteiger partial charge in [-0.2, -0.15) is 0 Å². The van der Waals surface area contributed by atoms with Crippen molar-refractivity contribution in [3.63, 3.8) is 0 Å². The Morgan fingerprint density at radius 2 is 1.53 bits per heavy atom. The molecule has 0 aliphatic rings. The first-order valence-corrected chi connectivity index (χ1v) is 7.73. The summed E-state index contributed by atoms with van der Waals surface area (Å²) in [5.74, 6) is 0.215. The van der Waals surface area contributed by atoms with Crippen LogP contribution in [0, 0.1) is 5.82 Å². The average molecular weight is 265 g/mol. The maximum atomic E-state index is 12.9. The van der Waals surface area contributed by atoms with Crippen LogP contribution in [-0.2, 0) is 0 Å². The van der Waals surface area contributed by atoms with E-state index in [0.29, 0.717) is 12.5 Å². The summed E-state index contributed by atoms with van der Waals surface area (Å²) in [6.07, 6.45) is 10.4. The van der Waals surface area contributed by atoms with Crippen LogP contribution in [0.1, 0.15) is 69.8 Å². The lowest BCUT2D eigenvalue weighted by atomic mass is 9.93. The molecule has 0 bridgehead atoms. The van der Waals surface area contributed by atoms with Crippen LogP contribution >= 0.6 is 0 Å². The zero-order valence-electron chi connectivity index (χ0n) is 12.2. The predicted octanol–water partition coefficient (Wildman–Crippen LogP) is 5.01. The highest BCUT2D eigenvalue weighted by molar-refractivity contribution is 5.20. The maximum absolute atomic E-state index is 12.9. The molecule has 1 aromatic carbocycles. The molecule has 19 heavy (non-hydrogen) atoms. The van der Waals surface area contributed by atoms with Gasteiger partial charge in [-0.3, -0.25) is 0 Å². The number of rotatable bonds is 10. The Bertz CT molecular complexity index is 321. The molecule has 108 valence electrons. The van der Waals surface area contributed by atoms with E-state index >= 15 is 0 Å². The molecule has 2 N–H and O–H groups in total. The van der Waals surface area contributed by atoms with Gasteiger partial charge in [0.15, 0.2) is 0 Å². The summed E-state index contributed by atoms with van der Waals surface area (Å²) in [7, 11) is 0. The molecule has 2 heteroatoms. The summed E-state index contributed by atoms with van der Waals surface area (Å²) in [4.78, 5) is 0. The number of hydrogen-bond donors (Lipinski definition) is 1. The Morgan fingerprint density at radius 3 is 2.11 bits per heavy atom. The van der Waals surface area contributed by atoms with Crippen molar-refractivity contribution < 1.29 is 4.39 Å². The highest BCUT2D eigenvalue weighted by Gasteiger charge is 2.09. The normalized spacial score (nSPS) is 12.6. The van der Waals surface area contributed by atoms with Crippen molar-refractivity contribution in [2.24, 2.45) is 5.73 Å². The molecule has 0 aliphatic carbocycles. The van der Waals surface area contributed by atoms with Crippen LogP contribution in [0.25, 0.3) is 0 Å². The molecule has 0 aliphatic heterocycles. The topological polar surface area (TPSA) is 26.0 Å². The molecule has 0 fully saturated rings. The first kappa shape index (κ1) is 16.2. The van der Waals surface area contributed by atoms with Crippen molar-refractivity contribution in [2.45, 2.75) is 64.2 Å². The van der Waals surface area contributed by atoms with Crippen molar-refractivity contribution in [1.29, 1.82) is 0 Å². The van der Waals surface area contributed by atoms with Gasteiger partial charge in [0.05, 0.1) is 0 Å². The van der Waals surface area contributed by atoms with Crippen LogP contribution in [0.5, 0.6) is 0 Å². The Hall–Kier alpha value is -0.890. The van der Waals surface area contributed by atoms with Gasteiger partial charge in [0.1, 0.15) is 5.82 Å². The molecule has 0 aromatic heterocycles. The zero-order valence-corrected chi connectivity index (χ0v) is 12.2. The molecule has 0 amide bonds. The second kappa shape index (κ2) is 9.96. The van der Waals surface area contributed by atoms with Crippen molar-refractivity contribution in [3.8, 4) is 0 Å². The number of unbranched alkanes of at least 4 members (excludes halogenated alkanes) is 6. The Morgan fingerprint density at radius 1 is 0.947 bits per heavy atom. The van der Waals surface area contributed by atoms with E-state index in [0.717, 1.165) is 6.42 Å². The van der Waals surface area contributed by atoms with Gasteiger partial charge in [-0.1, -0.05) is 64.0 Å². The van der Waals surface area contributed by atoms with E-state index in [-0.39, 0.29) is 5.82 Å². The monoisotopic (exact) mass is 265 g/mol. The minimum atomic E-state index is -0.171. The van der Waals surface area contributed by atoms with Crippen LogP contribution < -0.4 is 5.73 Å². The van der Waals surface area contributed by atoms with E-state index < -0.39 is 0 Å². The summed E-state index contributed by atoms with van der Waals surface area (Å²) in [6, 6.07) is 6.80. The quantitative estimate of drug-likeness (QED) is 0.591. The van der Waals surface area contributed by atoms with Crippen LogP contribution in [0.4, 0.5) is 4.39 Å². The van der Waals surface area contributed by atoms with E-state index in [9.17, 15) is 4.39 Å². The molecule has 0 heterocycles. The first-order valence-electron chi connectivity index (χ1n) is 7.73. The van der Waals surface area contributed by atoms with Gasteiger partial charge >= 0.3 is 0 Å². The standard InChI is InChI=1S/C17H28FN/c1-2-3-4-5-6-7-8-9-16(14-19)15-10-12-17(18)13-11-15/h10-13,16H,2-9,14,19H2,1H3. The van der Waals surface area contributed by atoms with E-state index in [1.165, 1.54) is 62.6 Å². The van der Waals surface area contributed by atoms with Gasteiger partial charge in [0.25, 0.3) is 0 Å². The molecule has 0 spiro atoms. The highest BCUT2D eigenvalue weighted by atomic mass is 19.1. The molecule has 0 saturated heterocycles. The minimum Gasteiger partial charge on any atom is -0.330 e. The van der Waals surface area contributed by atoms with Crippen molar-refractivity contribution in [3.05, 3.63) is 35.6 Å². The summed E-state index contributed by atoms with van der Waals surface area (Å²) < 4.78 is 12.9. The molecule has 1 nitrogen and oxygen atoms in total. The fourth-order valence-corrected chi connectivity index (χ4v) is 2.50. The minimum absolute atomic E-state index is 0.171. The largest absolute Gasteiger partial charge is 0.330 e. The highest BCUT2D eigenvalue weighted by Crippen LogP contribution is 2.22. The van der Waals surface area contributed by atoms with Crippen molar-refractivity contribution in [2.75, 3.05) is 6.54 Å². The Labute approximate surface area is 117 Å². The molecule has 1 atom stereocenters. The molecule has 1 unspecified atom stereocenters. The van der Waals surface area contributed by atoms with Crippen LogP contribution in [0.2, 0.25) is 0 Å². The molecular weight excluding hydrogens is 237 g/mol. The second-order valence-corrected chi connectivity index (χ2v) is 5.39. The maximum Gasteiger partial charge on any atom is 0.123 e. The lowest BCUT2D eigenvalue weighted by molar-refractivity contribution is 0.536. The summed E-state index contributed by atoms with van der Waals surface area (Å²) in [5.41, 5.74) is 7.01. The van der Waals surface area contributed by atoms with Crippen LogP contribution in [0.3, 0.4) is 0 Å². The predicted molar refractivity (Wildman–Crippen MR) is 80.8 cm³/mol. The third-order valence-electron chi connectivity index (χ3n) is 3.78. The molecule has 1 rings (SSSR count). The van der Waals surface area contributed by atoms with Crippen LogP contribution in [-0.4, -0.2) is 6.54 Å². The lowest BCUT2D eigenvalue weighted by Crippen LogP contribution is -2.12. The second-order valence-electron chi connectivity index (χ2n) is 5.39. The smallest absolute Gasteiger partial charge is 0.123 e. The number of benzene rings is 1. The van der Waals surface area contributed by atoms with Gasteiger partial charge < -0.3 is 5.73 Å². The zero-order chi connectivity index (χ0) is 13.9. The van der Waals surface area contributed by atoms with E-state index in [1.807, 2.05) is 12.1 Å². The third-order valence-corrected chi connectivity index (χ3v) is 3.78. The summed E-state index contributed by atoms with van der Waals surface area (Å²) >= 11 is 0. The third kappa shape index (κ3) is 6.72. The van der Waals surface area contributed by atoms with Crippen molar-refractivity contribution in [1.82, 2.24) is 0 Å². The van der Waals surface area contributed by atoms with E-state index in [2.05, 4.69) is 6.92 Å². The Balaban J connectivity index is 2.20.